The molecule has 0 saturated carbocycles. The molecular formula is C22H28IN7. The van der Waals surface area contributed by atoms with Crippen molar-refractivity contribution in [1.82, 2.24) is 29.6 Å². The predicted octanol–water partition coefficient (Wildman–Crippen LogP) is 3.67. The Labute approximate surface area is 193 Å². The molecule has 0 aliphatic heterocycles. The Morgan fingerprint density at radius 3 is 2.67 bits per heavy atom. The van der Waals surface area contributed by atoms with Crippen LogP contribution in [0.2, 0.25) is 0 Å². The van der Waals surface area contributed by atoms with Crippen LogP contribution < -0.4 is 10.6 Å². The molecule has 0 bridgehead atoms. The monoisotopic (exact) mass is 517 g/mol. The topological polar surface area (TPSA) is 71.5 Å². The van der Waals surface area contributed by atoms with Gasteiger partial charge in [-0.1, -0.05) is 18.2 Å². The summed E-state index contributed by atoms with van der Waals surface area (Å²) in [5, 5.41) is 6.73. The number of hydrogen-bond acceptors (Lipinski definition) is 3. The van der Waals surface area contributed by atoms with E-state index >= 15 is 0 Å². The van der Waals surface area contributed by atoms with Crippen molar-refractivity contribution in [2.75, 3.05) is 13.6 Å². The summed E-state index contributed by atoms with van der Waals surface area (Å²) in [4.78, 5) is 13.6. The quantitative estimate of drug-likeness (QED) is 0.177. The molecule has 3 aromatic heterocycles. The summed E-state index contributed by atoms with van der Waals surface area (Å²) in [6, 6.07) is 14.4. The number of pyridine rings is 1. The van der Waals surface area contributed by atoms with Crippen molar-refractivity contribution in [2.45, 2.75) is 33.4 Å². The van der Waals surface area contributed by atoms with Gasteiger partial charge in [0.2, 0.25) is 0 Å². The third kappa shape index (κ3) is 4.75. The second kappa shape index (κ2) is 9.92. The first-order valence-electron chi connectivity index (χ1n) is 9.95. The molecular weight excluding hydrogens is 489 g/mol. The van der Waals surface area contributed by atoms with Gasteiger partial charge >= 0.3 is 0 Å². The van der Waals surface area contributed by atoms with Crippen LogP contribution in [0.3, 0.4) is 0 Å². The summed E-state index contributed by atoms with van der Waals surface area (Å²) < 4.78 is 4.37. The molecule has 0 spiro atoms. The number of hydrogen-bond donors (Lipinski definition) is 2. The van der Waals surface area contributed by atoms with E-state index in [1.165, 1.54) is 11.2 Å². The van der Waals surface area contributed by atoms with E-state index in [0.717, 1.165) is 48.2 Å². The Morgan fingerprint density at radius 1 is 1.03 bits per heavy atom. The Kier molecular flexibility index (Phi) is 7.30. The second-order valence-corrected chi connectivity index (χ2v) is 7.13. The minimum atomic E-state index is 0. The molecule has 30 heavy (non-hydrogen) atoms. The third-order valence-electron chi connectivity index (χ3n) is 5.10. The largest absolute Gasteiger partial charge is 0.356 e. The minimum absolute atomic E-state index is 0. The first kappa shape index (κ1) is 22.1. The van der Waals surface area contributed by atoms with E-state index < -0.39 is 0 Å². The molecule has 0 atom stereocenters. The highest BCUT2D eigenvalue weighted by molar-refractivity contribution is 14.0. The van der Waals surface area contributed by atoms with Gasteiger partial charge in [-0.15, -0.1) is 24.0 Å². The maximum atomic E-state index is 4.66. The van der Waals surface area contributed by atoms with Crippen molar-refractivity contribution in [3.05, 3.63) is 65.9 Å². The summed E-state index contributed by atoms with van der Waals surface area (Å²) in [5.41, 5.74) is 5.37. The van der Waals surface area contributed by atoms with Gasteiger partial charge in [-0.2, -0.15) is 0 Å². The lowest BCUT2D eigenvalue weighted by Gasteiger charge is -2.12. The van der Waals surface area contributed by atoms with Crippen molar-refractivity contribution in [2.24, 2.45) is 4.99 Å². The normalized spacial score (nSPS) is 11.6. The lowest BCUT2D eigenvalue weighted by molar-refractivity contribution is 0.624. The van der Waals surface area contributed by atoms with Crippen LogP contribution in [0.1, 0.15) is 23.6 Å². The Balaban J connectivity index is 0.00000256. The number of halogens is 1. The van der Waals surface area contributed by atoms with Gasteiger partial charge in [0.15, 0.2) is 5.96 Å². The number of imidazole rings is 2. The van der Waals surface area contributed by atoms with E-state index in [0.29, 0.717) is 6.54 Å². The molecule has 0 amide bonds. The molecule has 4 rings (SSSR count). The SMILES string of the molecule is CN=C(NCCCn1c(C)nc2ccccc21)NCc1cn2c(C)cccc2n1.I. The number of para-hydroxylation sites is 2. The Morgan fingerprint density at radius 2 is 1.87 bits per heavy atom. The smallest absolute Gasteiger partial charge is 0.191 e. The van der Waals surface area contributed by atoms with Crippen molar-refractivity contribution < 1.29 is 0 Å². The fraction of sp³-hybridized carbons (Fsp3) is 0.318. The molecule has 3 heterocycles. The number of guanidine groups is 1. The van der Waals surface area contributed by atoms with Crippen molar-refractivity contribution in [3.63, 3.8) is 0 Å². The Bertz CT molecular complexity index is 1160. The zero-order chi connectivity index (χ0) is 20.2. The second-order valence-electron chi connectivity index (χ2n) is 7.13. The van der Waals surface area contributed by atoms with Crippen molar-refractivity contribution in [1.29, 1.82) is 0 Å². The first-order chi connectivity index (χ1) is 14.2. The average molecular weight is 517 g/mol. The average Bonchev–Trinajstić information content (AvgIpc) is 3.29. The predicted molar refractivity (Wildman–Crippen MR) is 133 cm³/mol. The molecule has 0 saturated heterocycles. The minimum Gasteiger partial charge on any atom is -0.356 e. The first-order valence-corrected chi connectivity index (χ1v) is 9.95. The van der Waals surface area contributed by atoms with Gasteiger partial charge in [0.05, 0.1) is 23.3 Å². The fourth-order valence-electron chi connectivity index (χ4n) is 3.60. The third-order valence-corrected chi connectivity index (χ3v) is 5.10. The number of aryl methyl sites for hydroxylation is 3. The molecule has 0 fully saturated rings. The van der Waals surface area contributed by atoms with E-state index in [2.05, 4.69) is 78.9 Å². The van der Waals surface area contributed by atoms with Gasteiger partial charge in [0.1, 0.15) is 11.5 Å². The number of nitrogens with zero attached hydrogens (tertiary/aromatic N) is 5. The highest BCUT2D eigenvalue weighted by Gasteiger charge is 2.07. The Hall–Kier alpha value is -2.62. The van der Waals surface area contributed by atoms with E-state index in [9.17, 15) is 0 Å². The van der Waals surface area contributed by atoms with Crippen LogP contribution in [0.4, 0.5) is 0 Å². The number of benzene rings is 1. The van der Waals surface area contributed by atoms with E-state index in [1.807, 2.05) is 18.2 Å². The molecule has 7 nitrogen and oxygen atoms in total. The molecule has 1 aromatic carbocycles. The van der Waals surface area contributed by atoms with Crippen LogP contribution in [-0.2, 0) is 13.1 Å². The maximum Gasteiger partial charge on any atom is 0.191 e. The van der Waals surface area contributed by atoms with Crippen LogP contribution in [0.15, 0.2) is 53.7 Å². The number of fused-ring (bicyclic) bond motifs is 2. The summed E-state index contributed by atoms with van der Waals surface area (Å²) in [5.74, 6) is 1.84. The number of rotatable bonds is 6. The van der Waals surface area contributed by atoms with E-state index in [4.69, 9.17) is 0 Å². The molecule has 158 valence electrons. The molecule has 2 N–H and O–H groups in total. The number of aromatic nitrogens is 4. The van der Waals surface area contributed by atoms with Gasteiger partial charge in [0, 0.05) is 32.0 Å². The van der Waals surface area contributed by atoms with Crippen molar-refractivity contribution >= 4 is 46.6 Å². The van der Waals surface area contributed by atoms with Crippen LogP contribution in [-0.4, -0.2) is 38.5 Å². The molecule has 0 radical (unpaired) electrons. The van der Waals surface area contributed by atoms with Gasteiger partial charge in [-0.05, 0) is 44.5 Å². The van der Waals surface area contributed by atoms with Crippen LogP contribution in [0.25, 0.3) is 16.7 Å². The summed E-state index contributed by atoms with van der Waals surface area (Å²) in [6.45, 7) is 6.52. The standard InChI is InChI=1S/C22H27N7.HI/c1-16-8-6-11-21-27-18(15-29(16)21)14-25-22(23-3)24-12-7-13-28-17(2)26-19-9-4-5-10-20(19)28;/h4-6,8-11,15H,7,12-14H2,1-3H3,(H2,23,24,25);1H. The molecule has 4 aromatic rings. The highest BCUT2D eigenvalue weighted by atomic mass is 127. The zero-order valence-electron chi connectivity index (χ0n) is 17.6. The lowest BCUT2D eigenvalue weighted by atomic mass is 10.3. The van der Waals surface area contributed by atoms with E-state index in [1.54, 1.807) is 7.05 Å². The van der Waals surface area contributed by atoms with Gasteiger partial charge < -0.3 is 19.6 Å². The summed E-state index contributed by atoms with van der Waals surface area (Å²) in [7, 11) is 1.79. The zero-order valence-corrected chi connectivity index (χ0v) is 19.9. The van der Waals surface area contributed by atoms with Crippen LogP contribution in [0.5, 0.6) is 0 Å². The molecule has 0 unspecified atom stereocenters. The molecule has 8 heteroatoms. The molecule has 0 aliphatic rings. The van der Waals surface area contributed by atoms with Crippen molar-refractivity contribution in [3.8, 4) is 0 Å². The van der Waals surface area contributed by atoms with E-state index in [-0.39, 0.29) is 24.0 Å². The number of nitrogens with one attached hydrogen (secondary N) is 2. The number of aliphatic imine (C=N–C) groups is 1. The van der Waals surface area contributed by atoms with Gasteiger partial charge in [-0.25, -0.2) is 9.97 Å². The van der Waals surface area contributed by atoms with Gasteiger partial charge in [0.25, 0.3) is 0 Å². The van der Waals surface area contributed by atoms with Crippen LogP contribution in [0, 0.1) is 13.8 Å². The molecule has 0 aliphatic carbocycles. The fourth-order valence-corrected chi connectivity index (χ4v) is 3.60. The van der Waals surface area contributed by atoms with Gasteiger partial charge in [-0.3, -0.25) is 4.99 Å². The summed E-state index contributed by atoms with van der Waals surface area (Å²) >= 11 is 0. The maximum absolute atomic E-state index is 4.66. The highest BCUT2D eigenvalue weighted by Crippen LogP contribution is 2.15. The van der Waals surface area contributed by atoms with Crippen LogP contribution >= 0.6 is 24.0 Å². The summed E-state index contributed by atoms with van der Waals surface area (Å²) in [6.07, 6.45) is 3.05. The lowest BCUT2D eigenvalue weighted by Crippen LogP contribution is -2.37.